The SMILES string of the molecule is CCCC(NC(=O)[C@@H]1CCCN1C(=O)[C@@H](NC(=O)[C@H](CC(C)C)NC(=O)c1cnccn1)C(C)C)C(=O)C(=O)N[C@@H](Cc1ccccc1)C(=O)O. The van der Waals surface area contributed by atoms with Gasteiger partial charge in [-0.05, 0) is 43.1 Å². The van der Waals surface area contributed by atoms with E-state index < -0.39 is 77.4 Å². The second kappa shape index (κ2) is 19.3. The number of amides is 5. The Morgan fingerprint density at radius 1 is 0.902 bits per heavy atom. The fourth-order valence-electron chi connectivity index (χ4n) is 5.86. The molecule has 276 valence electrons. The Morgan fingerprint density at radius 3 is 2.20 bits per heavy atom. The van der Waals surface area contributed by atoms with Crippen LogP contribution in [0.1, 0.15) is 82.8 Å². The molecule has 1 aliphatic heterocycles. The van der Waals surface area contributed by atoms with Gasteiger partial charge in [-0.3, -0.25) is 33.8 Å². The van der Waals surface area contributed by atoms with Gasteiger partial charge >= 0.3 is 5.97 Å². The predicted octanol–water partition coefficient (Wildman–Crippen LogP) is 1.42. The molecule has 1 aromatic heterocycles. The zero-order valence-electron chi connectivity index (χ0n) is 29.8. The van der Waals surface area contributed by atoms with E-state index in [2.05, 4.69) is 31.2 Å². The number of nitrogens with one attached hydrogen (secondary N) is 4. The quantitative estimate of drug-likeness (QED) is 0.140. The Balaban J connectivity index is 1.71. The number of rotatable bonds is 18. The van der Waals surface area contributed by atoms with Crippen molar-refractivity contribution < 1.29 is 38.7 Å². The Bertz CT molecular complexity index is 1540. The van der Waals surface area contributed by atoms with Gasteiger partial charge in [0.15, 0.2) is 0 Å². The fraction of sp³-hybridized carbons (Fsp3) is 0.528. The van der Waals surface area contributed by atoms with Crippen molar-refractivity contribution in [2.45, 2.75) is 103 Å². The van der Waals surface area contributed by atoms with E-state index in [0.29, 0.717) is 18.4 Å². The van der Waals surface area contributed by atoms with Gasteiger partial charge in [0, 0.05) is 25.4 Å². The molecule has 1 saturated heterocycles. The third-order valence-corrected chi connectivity index (χ3v) is 8.51. The van der Waals surface area contributed by atoms with E-state index >= 15 is 0 Å². The van der Waals surface area contributed by atoms with Gasteiger partial charge < -0.3 is 31.3 Å². The molecule has 3 rings (SSSR count). The Kier molecular flexibility index (Phi) is 15.2. The summed E-state index contributed by atoms with van der Waals surface area (Å²) in [6.07, 6.45) is 5.61. The van der Waals surface area contributed by atoms with Crippen LogP contribution in [0.2, 0.25) is 0 Å². The lowest BCUT2D eigenvalue weighted by molar-refractivity contribution is -0.146. The molecule has 2 heterocycles. The zero-order chi connectivity index (χ0) is 37.7. The fourth-order valence-corrected chi connectivity index (χ4v) is 5.86. The number of aromatic nitrogens is 2. The van der Waals surface area contributed by atoms with Gasteiger partial charge in [-0.1, -0.05) is 71.4 Å². The molecule has 5 amide bonds. The average molecular weight is 708 g/mol. The van der Waals surface area contributed by atoms with Crippen LogP contribution in [0.15, 0.2) is 48.9 Å². The van der Waals surface area contributed by atoms with E-state index in [0.717, 1.165) is 0 Å². The number of ketones is 1. The highest BCUT2D eigenvalue weighted by Gasteiger charge is 2.41. The van der Waals surface area contributed by atoms with Gasteiger partial charge in [-0.25, -0.2) is 9.78 Å². The maximum atomic E-state index is 14.0. The van der Waals surface area contributed by atoms with Crippen LogP contribution >= 0.6 is 0 Å². The first-order valence-corrected chi connectivity index (χ1v) is 17.3. The third-order valence-electron chi connectivity index (χ3n) is 8.51. The van der Waals surface area contributed by atoms with Crippen molar-refractivity contribution in [1.82, 2.24) is 36.1 Å². The topological polar surface area (TPSA) is 217 Å². The first-order chi connectivity index (χ1) is 24.2. The molecule has 5 N–H and O–H groups in total. The number of Topliss-reactive ketones (excluding diaryl/α,β-unsaturated/α-hetero) is 1. The van der Waals surface area contributed by atoms with Crippen LogP contribution < -0.4 is 21.3 Å². The maximum Gasteiger partial charge on any atom is 0.326 e. The van der Waals surface area contributed by atoms with Crippen LogP contribution in [-0.4, -0.2) is 98.0 Å². The van der Waals surface area contributed by atoms with Crippen LogP contribution in [0, 0.1) is 11.8 Å². The van der Waals surface area contributed by atoms with Gasteiger partial charge in [0.25, 0.3) is 11.8 Å². The van der Waals surface area contributed by atoms with Crippen LogP contribution in [0.25, 0.3) is 0 Å². The largest absolute Gasteiger partial charge is 0.480 e. The minimum atomic E-state index is -1.37. The molecule has 15 nitrogen and oxygen atoms in total. The number of carboxylic acids is 1. The Hall–Kier alpha value is -5.21. The van der Waals surface area contributed by atoms with Crippen molar-refractivity contribution in [3.8, 4) is 0 Å². The first kappa shape index (κ1) is 40.2. The van der Waals surface area contributed by atoms with E-state index in [1.54, 1.807) is 51.1 Å². The van der Waals surface area contributed by atoms with E-state index in [9.17, 15) is 38.7 Å². The van der Waals surface area contributed by atoms with Crippen LogP contribution in [0.3, 0.4) is 0 Å². The number of carbonyl (C=O) groups excluding carboxylic acids is 6. The minimum Gasteiger partial charge on any atom is -0.480 e. The standard InChI is InChI=1S/C36H49N7O8/c1-6-11-24(30(44)34(48)41-26(36(50)51)19-23-12-8-7-9-13-23)39-33(47)28-14-10-17-43(28)35(49)29(22(4)5)42-31(45)25(18-21(2)3)40-32(46)27-20-37-15-16-38-27/h7-9,12-13,15-16,20-22,24-26,28-29H,6,10-11,14,17-19H2,1-5H3,(H,39,47)(H,40,46)(H,41,48)(H,42,45)(H,50,51)/t24?,25-,26-,28-,29-/m0/s1. The summed E-state index contributed by atoms with van der Waals surface area (Å²) in [5, 5.41) is 20.1. The number of hydrogen-bond donors (Lipinski definition) is 5. The highest BCUT2D eigenvalue weighted by molar-refractivity contribution is 6.38. The highest BCUT2D eigenvalue weighted by Crippen LogP contribution is 2.21. The van der Waals surface area contributed by atoms with Gasteiger partial charge in [-0.15, -0.1) is 0 Å². The van der Waals surface area contributed by atoms with Crippen LogP contribution in [-0.2, 0) is 35.2 Å². The van der Waals surface area contributed by atoms with E-state index in [1.165, 1.54) is 23.5 Å². The van der Waals surface area contributed by atoms with E-state index in [1.807, 2.05) is 13.8 Å². The Labute approximate surface area is 297 Å². The molecule has 1 aliphatic rings. The van der Waals surface area contributed by atoms with Gasteiger partial charge in [0.1, 0.15) is 29.9 Å². The van der Waals surface area contributed by atoms with Crippen molar-refractivity contribution in [1.29, 1.82) is 0 Å². The van der Waals surface area contributed by atoms with Gasteiger partial charge in [0.05, 0.1) is 12.2 Å². The number of carboxylic acid groups (broad SMARTS) is 1. The van der Waals surface area contributed by atoms with Gasteiger partial charge in [0.2, 0.25) is 23.5 Å². The molecule has 0 saturated carbocycles. The van der Waals surface area contributed by atoms with Crippen molar-refractivity contribution in [2.75, 3.05) is 6.54 Å². The van der Waals surface area contributed by atoms with Crippen molar-refractivity contribution in [3.63, 3.8) is 0 Å². The lowest BCUT2D eigenvalue weighted by Crippen LogP contribution is -2.59. The van der Waals surface area contributed by atoms with Crippen LogP contribution in [0.5, 0.6) is 0 Å². The molecule has 1 unspecified atom stereocenters. The number of benzene rings is 1. The smallest absolute Gasteiger partial charge is 0.326 e. The summed E-state index contributed by atoms with van der Waals surface area (Å²) in [6, 6.07) is 3.04. The summed E-state index contributed by atoms with van der Waals surface area (Å²) in [5.74, 6) is -6.12. The highest BCUT2D eigenvalue weighted by atomic mass is 16.4. The monoisotopic (exact) mass is 707 g/mol. The molecule has 1 fully saturated rings. The maximum absolute atomic E-state index is 14.0. The molecule has 1 aromatic carbocycles. The number of nitrogens with zero attached hydrogens (tertiary/aromatic N) is 3. The Morgan fingerprint density at radius 2 is 1.61 bits per heavy atom. The number of hydrogen-bond acceptors (Lipinski definition) is 9. The number of carbonyl (C=O) groups is 7. The summed E-state index contributed by atoms with van der Waals surface area (Å²) in [7, 11) is 0. The number of aliphatic carboxylic acids is 1. The minimum absolute atomic E-state index is 0.0162. The lowest BCUT2D eigenvalue weighted by atomic mass is 9.99. The molecule has 0 aliphatic carbocycles. The van der Waals surface area contributed by atoms with Crippen molar-refractivity contribution in [2.24, 2.45) is 11.8 Å². The lowest BCUT2D eigenvalue weighted by Gasteiger charge is -2.32. The van der Waals surface area contributed by atoms with Crippen molar-refractivity contribution >= 4 is 41.3 Å². The average Bonchev–Trinajstić information content (AvgIpc) is 3.60. The predicted molar refractivity (Wildman–Crippen MR) is 186 cm³/mol. The number of likely N-dealkylation sites (tertiary alicyclic amines) is 1. The normalized spacial score (nSPS) is 16.5. The molecule has 0 bridgehead atoms. The molecule has 2 aromatic rings. The second-order valence-corrected chi connectivity index (χ2v) is 13.4. The first-order valence-electron chi connectivity index (χ1n) is 17.3. The van der Waals surface area contributed by atoms with Gasteiger partial charge in [-0.2, -0.15) is 0 Å². The van der Waals surface area contributed by atoms with E-state index in [-0.39, 0.29) is 43.8 Å². The molecule has 0 spiro atoms. The van der Waals surface area contributed by atoms with E-state index in [4.69, 9.17) is 0 Å². The third kappa shape index (κ3) is 11.7. The van der Waals surface area contributed by atoms with Crippen molar-refractivity contribution in [3.05, 3.63) is 60.2 Å². The summed E-state index contributed by atoms with van der Waals surface area (Å²) >= 11 is 0. The molecular formula is C36H49N7O8. The molecule has 15 heteroatoms. The molecule has 51 heavy (non-hydrogen) atoms. The van der Waals surface area contributed by atoms with Crippen LogP contribution in [0.4, 0.5) is 0 Å². The molecule has 5 atom stereocenters. The summed E-state index contributed by atoms with van der Waals surface area (Å²) in [6.45, 7) is 9.27. The molecular weight excluding hydrogens is 658 g/mol. The summed E-state index contributed by atoms with van der Waals surface area (Å²) in [5.41, 5.74) is 0.688. The summed E-state index contributed by atoms with van der Waals surface area (Å²) in [4.78, 5) is 101. The second-order valence-electron chi connectivity index (χ2n) is 13.4. The zero-order valence-corrected chi connectivity index (χ0v) is 29.8. The summed E-state index contributed by atoms with van der Waals surface area (Å²) < 4.78 is 0. The molecule has 0 radical (unpaired) electrons.